The van der Waals surface area contributed by atoms with E-state index in [1.165, 1.54) is 0 Å². The Kier molecular flexibility index (Phi) is 7.91. The SMILES string of the molecule is CCNC(=O)C1CCCN(C(=O)Nc2cccc(NC(=O)Nc3ccc(OC)cc3)c2)C1. The number of rotatable bonds is 6. The molecule has 0 saturated carbocycles. The molecule has 2 aromatic rings. The maximum Gasteiger partial charge on any atom is 0.323 e. The number of hydrogen-bond acceptors (Lipinski definition) is 4. The van der Waals surface area contributed by atoms with Crippen LogP contribution in [0.4, 0.5) is 26.7 Å². The summed E-state index contributed by atoms with van der Waals surface area (Å²) in [7, 11) is 1.58. The van der Waals surface area contributed by atoms with Crippen LogP contribution in [0.15, 0.2) is 48.5 Å². The highest BCUT2D eigenvalue weighted by Crippen LogP contribution is 2.20. The summed E-state index contributed by atoms with van der Waals surface area (Å²) in [6.45, 7) is 3.45. The number of urea groups is 2. The van der Waals surface area contributed by atoms with Crippen molar-refractivity contribution in [2.24, 2.45) is 5.92 Å². The molecule has 32 heavy (non-hydrogen) atoms. The second-order valence-corrected chi connectivity index (χ2v) is 7.50. The zero-order valence-corrected chi connectivity index (χ0v) is 18.3. The normalized spacial score (nSPS) is 15.4. The molecule has 0 spiro atoms. The van der Waals surface area contributed by atoms with Crippen molar-refractivity contribution in [2.75, 3.05) is 42.7 Å². The van der Waals surface area contributed by atoms with E-state index >= 15 is 0 Å². The van der Waals surface area contributed by atoms with Crippen molar-refractivity contribution in [1.82, 2.24) is 10.2 Å². The first-order chi connectivity index (χ1) is 15.5. The van der Waals surface area contributed by atoms with Gasteiger partial charge in [-0.25, -0.2) is 9.59 Å². The Bertz CT molecular complexity index is 948. The van der Waals surface area contributed by atoms with Crippen LogP contribution in [0.5, 0.6) is 5.75 Å². The van der Waals surface area contributed by atoms with Crippen molar-refractivity contribution in [3.63, 3.8) is 0 Å². The van der Waals surface area contributed by atoms with Gasteiger partial charge in [0.05, 0.1) is 13.0 Å². The number of anilines is 3. The molecule has 9 nitrogen and oxygen atoms in total. The fourth-order valence-corrected chi connectivity index (χ4v) is 3.54. The number of piperidine rings is 1. The second kappa shape index (κ2) is 11.0. The Morgan fingerprint density at radius 3 is 2.38 bits per heavy atom. The summed E-state index contributed by atoms with van der Waals surface area (Å²) < 4.78 is 5.10. The minimum atomic E-state index is -0.403. The summed E-state index contributed by atoms with van der Waals surface area (Å²) in [5, 5.41) is 11.2. The molecule has 1 heterocycles. The molecule has 1 fully saturated rings. The van der Waals surface area contributed by atoms with Gasteiger partial charge in [-0.1, -0.05) is 6.07 Å². The van der Waals surface area contributed by atoms with Gasteiger partial charge in [0, 0.05) is 36.7 Å². The van der Waals surface area contributed by atoms with Crippen molar-refractivity contribution in [3.05, 3.63) is 48.5 Å². The molecule has 2 aromatic carbocycles. The molecule has 1 aliphatic heterocycles. The lowest BCUT2D eigenvalue weighted by Crippen LogP contribution is -2.46. The third kappa shape index (κ3) is 6.37. The van der Waals surface area contributed by atoms with Gasteiger partial charge >= 0.3 is 12.1 Å². The van der Waals surface area contributed by atoms with Gasteiger partial charge in [-0.2, -0.15) is 0 Å². The van der Waals surface area contributed by atoms with Crippen molar-refractivity contribution >= 4 is 35.0 Å². The summed E-state index contributed by atoms with van der Waals surface area (Å²) in [4.78, 5) is 38.7. The fourth-order valence-electron chi connectivity index (χ4n) is 3.54. The first-order valence-corrected chi connectivity index (χ1v) is 10.6. The predicted octanol–water partition coefficient (Wildman–Crippen LogP) is 3.72. The number of amides is 5. The summed E-state index contributed by atoms with van der Waals surface area (Å²) in [6.07, 6.45) is 1.56. The molecule has 4 N–H and O–H groups in total. The van der Waals surface area contributed by atoms with Gasteiger partial charge in [0.1, 0.15) is 5.75 Å². The van der Waals surface area contributed by atoms with Crippen molar-refractivity contribution in [2.45, 2.75) is 19.8 Å². The molecule has 3 rings (SSSR count). The summed E-state index contributed by atoms with van der Waals surface area (Å²) in [5.41, 5.74) is 1.71. The molecule has 170 valence electrons. The lowest BCUT2D eigenvalue weighted by Gasteiger charge is -2.32. The lowest BCUT2D eigenvalue weighted by molar-refractivity contribution is -0.126. The first-order valence-electron chi connectivity index (χ1n) is 10.6. The zero-order chi connectivity index (χ0) is 22.9. The van der Waals surface area contributed by atoms with Crippen molar-refractivity contribution in [1.29, 1.82) is 0 Å². The number of carbonyl (C=O) groups is 3. The van der Waals surface area contributed by atoms with E-state index < -0.39 is 6.03 Å². The molecule has 9 heteroatoms. The van der Waals surface area contributed by atoms with Gasteiger partial charge in [-0.05, 0) is 62.2 Å². The number of benzene rings is 2. The number of ether oxygens (including phenoxy) is 1. The largest absolute Gasteiger partial charge is 0.497 e. The van der Waals surface area contributed by atoms with Crippen LogP contribution in [0.1, 0.15) is 19.8 Å². The Labute approximate surface area is 187 Å². The van der Waals surface area contributed by atoms with Crippen LogP contribution >= 0.6 is 0 Å². The molecule has 1 unspecified atom stereocenters. The first kappa shape index (κ1) is 22.9. The van der Waals surface area contributed by atoms with Gasteiger partial charge in [-0.15, -0.1) is 0 Å². The Morgan fingerprint density at radius 2 is 1.69 bits per heavy atom. The number of carbonyl (C=O) groups excluding carboxylic acids is 3. The van der Waals surface area contributed by atoms with E-state index in [2.05, 4.69) is 21.3 Å². The molecule has 0 bridgehead atoms. The number of methoxy groups -OCH3 is 1. The van der Waals surface area contributed by atoms with Gasteiger partial charge in [-0.3, -0.25) is 4.79 Å². The van der Waals surface area contributed by atoms with Crippen molar-refractivity contribution in [3.8, 4) is 5.75 Å². The number of nitrogens with zero attached hydrogens (tertiary/aromatic N) is 1. The summed E-state index contributed by atoms with van der Waals surface area (Å²) in [6, 6.07) is 13.2. The lowest BCUT2D eigenvalue weighted by atomic mass is 9.97. The Morgan fingerprint density at radius 1 is 1.00 bits per heavy atom. The third-order valence-corrected chi connectivity index (χ3v) is 5.15. The van der Waals surface area contributed by atoms with E-state index in [-0.39, 0.29) is 17.9 Å². The molecule has 1 saturated heterocycles. The zero-order valence-electron chi connectivity index (χ0n) is 18.3. The highest BCUT2D eigenvalue weighted by molar-refractivity contribution is 6.00. The van der Waals surface area contributed by atoms with E-state index in [1.54, 1.807) is 60.5 Å². The average Bonchev–Trinajstić information content (AvgIpc) is 2.80. The molecule has 1 atom stereocenters. The van der Waals surface area contributed by atoms with E-state index in [0.29, 0.717) is 42.4 Å². The predicted molar refractivity (Wildman–Crippen MR) is 124 cm³/mol. The van der Waals surface area contributed by atoms with Crippen LogP contribution in [-0.4, -0.2) is 49.6 Å². The maximum absolute atomic E-state index is 12.7. The molecule has 0 aromatic heterocycles. The molecule has 0 radical (unpaired) electrons. The van der Waals surface area contributed by atoms with Crippen LogP contribution in [0.2, 0.25) is 0 Å². The average molecular weight is 440 g/mol. The third-order valence-electron chi connectivity index (χ3n) is 5.15. The van der Waals surface area contributed by atoms with Crippen LogP contribution < -0.4 is 26.0 Å². The number of hydrogen-bond donors (Lipinski definition) is 4. The van der Waals surface area contributed by atoms with E-state index in [9.17, 15) is 14.4 Å². The number of nitrogens with one attached hydrogen (secondary N) is 4. The Balaban J connectivity index is 1.55. The second-order valence-electron chi connectivity index (χ2n) is 7.50. The summed E-state index contributed by atoms with van der Waals surface area (Å²) in [5.74, 6) is 0.494. The van der Waals surface area contributed by atoms with Crippen LogP contribution in [-0.2, 0) is 4.79 Å². The highest BCUT2D eigenvalue weighted by Gasteiger charge is 2.28. The molecular formula is C23H29N5O4. The van der Waals surface area contributed by atoms with Crippen LogP contribution in [0.25, 0.3) is 0 Å². The number of likely N-dealkylation sites (tertiary alicyclic amines) is 1. The van der Waals surface area contributed by atoms with Crippen molar-refractivity contribution < 1.29 is 19.1 Å². The van der Waals surface area contributed by atoms with Gasteiger partial charge < -0.3 is 30.9 Å². The maximum atomic E-state index is 12.7. The molecule has 5 amide bonds. The van der Waals surface area contributed by atoms with E-state index in [1.807, 2.05) is 6.92 Å². The summed E-state index contributed by atoms with van der Waals surface area (Å²) >= 11 is 0. The quantitative estimate of drug-likeness (QED) is 0.550. The van der Waals surface area contributed by atoms with Gasteiger partial charge in [0.2, 0.25) is 5.91 Å². The standard InChI is InChI=1S/C23H29N5O4/c1-3-24-21(29)16-6-5-13-28(15-16)23(31)27-19-8-4-7-18(14-19)26-22(30)25-17-9-11-20(32-2)12-10-17/h4,7-12,14,16H,3,5-6,13,15H2,1-2H3,(H,24,29)(H,27,31)(H2,25,26,30). The van der Waals surface area contributed by atoms with Crippen LogP contribution in [0, 0.1) is 5.92 Å². The van der Waals surface area contributed by atoms with Gasteiger partial charge in [0.15, 0.2) is 0 Å². The molecular weight excluding hydrogens is 410 g/mol. The van der Waals surface area contributed by atoms with E-state index in [0.717, 1.165) is 12.8 Å². The highest BCUT2D eigenvalue weighted by atomic mass is 16.5. The van der Waals surface area contributed by atoms with Crippen LogP contribution in [0.3, 0.4) is 0 Å². The fraction of sp³-hybridized carbons (Fsp3) is 0.348. The van der Waals surface area contributed by atoms with Gasteiger partial charge in [0.25, 0.3) is 0 Å². The smallest absolute Gasteiger partial charge is 0.323 e. The van der Waals surface area contributed by atoms with E-state index in [4.69, 9.17) is 4.74 Å². The topological polar surface area (TPSA) is 112 Å². The molecule has 1 aliphatic rings. The molecule has 0 aliphatic carbocycles. The minimum Gasteiger partial charge on any atom is -0.497 e. The Hall–Kier alpha value is -3.75. The minimum absolute atomic E-state index is 0.0148. The monoisotopic (exact) mass is 439 g/mol.